The van der Waals surface area contributed by atoms with Gasteiger partial charge >= 0.3 is 0 Å². The number of ether oxygens (including phenoxy) is 1. The molecule has 1 rings (SSSR count). The lowest BCUT2D eigenvalue weighted by Crippen LogP contribution is -2.39. The van der Waals surface area contributed by atoms with Crippen LogP contribution in [0.1, 0.15) is 11.6 Å². The Hall–Kier alpha value is -1.43. The second-order valence-electron chi connectivity index (χ2n) is 4.86. The van der Waals surface area contributed by atoms with Gasteiger partial charge < -0.3 is 20.3 Å². The molecular formula is C15H25N3O2. The third kappa shape index (κ3) is 6.14. The molecule has 0 spiro atoms. The Kier molecular flexibility index (Phi) is 7.87. The van der Waals surface area contributed by atoms with E-state index in [4.69, 9.17) is 4.74 Å². The number of hydrogen-bond acceptors (Lipinski definition) is 4. The van der Waals surface area contributed by atoms with Crippen LogP contribution in [0.25, 0.3) is 0 Å². The molecule has 1 amide bonds. The zero-order valence-corrected chi connectivity index (χ0v) is 12.6. The number of rotatable bonds is 9. The molecule has 1 aromatic rings. The van der Waals surface area contributed by atoms with Crippen molar-refractivity contribution in [2.24, 2.45) is 0 Å². The van der Waals surface area contributed by atoms with Gasteiger partial charge in [0.25, 0.3) is 0 Å². The second-order valence-corrected chi connectivity index (χ2v) is 4.86. The number of carbonyl (C=O) groups excluding carboxylic acids is 1. The Morgan fingerprint density at radius 1 is 1.30 bits per heavy atom. The quantitative estimate of drug-likeness (QED) is 0.652. The molecule has 0 saturated carbocycles. The molecule has 0 bridgehead atoms. The highest BCUT2D eigenvalue weighted by atomic mass is 16.5. The average Bonchev–Trinajstić information content (AvgIpc) is 2.44. The topological polar surface area (TPSA) is 53.6 Å². The molecule has 1 unspecified atom stereocenters. The van der Waals surface area contributed by atoms with E-state index >= 15 is 0 Å². The predicted molar refractivity (Wildman–Crippen MR) is 80.6 cm³/mol. The maximum atomic E-state index is 11.7. The summed E-state index contributed by atoms with van der Waals surface area (Å²) in [5, 5.41) is 5.98. The summed E-state index contributed by atoms with van der Waals surface area (Å²) < 4.78 is 4.91. The van der Waals surface area contributed by atoms with Gasteiger partial charge in [-0.2, -0.15) is 0 Å². The van der Waals surface area contributed by atoms with Crippen LogP contribution >= 0.6 is 0 Å². The molecule has 20 heavy (non-hydrogen) atoms. The monoisotopic (exact) mass is 279 g/mol. The molecule has 0 fully saturated rings. The first kappa shape index (κ1) is 16.6. The molecule has 5 heteroatoms. The molecule has 0 aromatic heterocycles. The molecule has 2 N–H and O–H groups in total. The van der Waals surface area contributed by atoms with E-state index in [1.807, 2.05) is 32.3 Å². The lowest BCUT2D eigenvalue weighted by atomic mass is 10.1. The molecule has 0 aliphatic rings. The number of benzene rings is 1. The molecule has 112 valence electrons. The minimum Gasteiger partial charge on any atom is -0.383 e. The highest BCUT2D eigenvalue weighted by Crippen LogP contribution is 2.16. The van der Waals surface area contributed by atoms with Gasteiger partial charge in [0.15, 0.2) is 0 Å². The van der Waals surface area contributed by atoms with Crippen molar-refractivity contribution in [2.75, 3.05) is 47.4 Å². The van der Waals surface area contributed by atoms with Gasteiger partial charge in [0.05, 0.1) is 19.2 Å². The number of amides is 1. The fourth-order valence-electron chi connectivity index (χ4n) is 1.92. The van der Waals surface area contributed by atoms with E-state index in [0.29, 0.717) is 26.2 Å². The highest BCUT2D eigenvalue weighted by Gasteiger charge is 2.14. The van der Waals surface area contributed by atoms with E-state index in [2.05, 4.69) is 27.7 Å². The molecule has 5 nitrogen and oxygen atoms in total. The molecule has 0 saturated heterocycles. The Labute approximate surface area is 121 Å². The Bertz CT molecular complexity index is 382. The zero-order valence-electron chi connectivity index (χ0n) is 12.6. The van der Waals surface area contributed by atoms with Crippen molar-refractivity contribution < 1.29 is 9.53 Å². The first-order valence-corrected chi connectivity index (χ1v) is 6.83. The van der Waals surface area contributed by atoms with E-state index in [1.54, 1.807) is 7.11 Å². The van der Waals surface area contributed by atoms with Gasteiger partial charge in [-0.15, -0.1) is 0 Å². The van der Waals surface area contributed by atoms with Gasteiger partial charge in [-0.3, -0.25) is 4.79 Å². The minimum atomic E-state index is 0.00360. The Morgan fingerprint density at radius 3 is 2.60 bits per heavy atom. The van der Waals surface area contributed by atoms with E-state index in [0.717, 1.165) is 0 Å². The average molecular weight is 279 g/mol. The van der Waals surface area contributed by atoms with Gasteiger partial charge in [-0.1, -0.05) is 30.3 Å². The van der Waals surface area contributed by atoms with Gasteiger partial charge in [0, 0.05) is 20.2 Å². The highest BCUT2D eigenvalue weighted by molar-refractivity contribution is 5.78. The molecule has 0 aliphatic carbocycles. The fraction of sp³-hybridized carbons (Fsp3) is 0.533. The standard InChI is InChI=1S/C15H25N3O2/c1-18(2)14(13-7-5-4-6-8-13)11-17-15(19)12-16-9-10-20-3/h4-8,14,16H,9-12H2,1-3H3,(H,17,19). The third-order valence-corrected chi connectivity index (χ3v) is 3.07. The molecular weight excluding hydrogens is 254 g/mol. The van der Waals surface area contributed by atoms with E-state index in [9.17, 15) is 4.79 Å². The van der Waals surface area contributed by atoms with E-state index in [1.165, 1.54) is 5.56 Å². The summed E-state index contributed by atoms with van der Waals surface area (Å²) in [5.41, 5.74) is 1.20. The van der Waals surface area contributed by atoms with Crippen LogP contribution in [0.2, 0.25) is 0 Å². The summed E-state index contributed by atoms with van der Waals surface area (Å²) in [5.74, 6) is 0.00360. The summed E-state index contributed by atoms with van der Waals surface area (Å²) in [6.45, 7) is 2.21. The van der Waals surface area contributed by atoms with Crippen molar-refractivity contribution in [2.45, 2.75) is 6.04 Å². The number of likely N-dealkylation sites (N-methyl/N-ethyl adjacent to an activating group) is 1. The van der Waals surface area contributed by atoms with Gasteiger partial charge in [-0.05, 0) is 19.7 Å². The third-order valence-electron chi connectivity index (χ3n) is 3.07. The maximum Gasteiger partial charge on any atom is 0.234 e. The minimum absolute atomic E-state index is 0.00360. The van der Waals surface area contributed by atoms with Gasteiger partial charge in [0.2, 0.25) is 5.91 Å². The Morgan fingerprint density at radius 2 is 2.00 bits per heavy atom. The zero-order chi connectivity index (χ0) is 14.8. The van der Waals surface area contributed by atoms with Crippen molar-refractivity contribution in [1.29, 1.82) is 0 Å². The lowest BCUT2D eigenvalue weighted by molar-refractivity contribution is -0.120. The number of carbonyl (C=O) groups is 1. The van der Waals surface area contributed by atoms with Crippen LogP contribution in [0.3, 0.4) is 0 Å². The molecule has 0 radical (unpaired) electrons. The van der Waals surface area contributed by atoms with Crippen LogP contribution in [-0.4, -0.2) is 58.3 Å². The first-order chi connectivity index (χ1) is 9.65. The molecule has 1 atom stereocenters. The summed E-state index contributed by atoms with van der Waals surface area (Å²) in [6.07, 6.45) is 0. The van der Waals surface area contributed by atoms with E-state index in [-0.39, 0.29) is 11.9 Å². The Balaban J connectivity index is 2.38. The second kappa shape index (κ2) is 9.47. The van der Waals surface area contributed by atoms with Crippen molar-refractivity contribution in [1.82, 2.24) is 15.5 Å². The summed E-state index contributed by atoms with van der Waals surface area (Å²) >= 11 is 0. The molecule has 0 heterocycles. The summed E-state index contributed by atoms with van der Waals surface area (Å²) in [4.78, 5) is 13.8. The smallest absolute Gasteiger partial charge is 0.234 e. The van der Waals surface area contributed by atoms with Crippen LogP contribution in [0.5, 0.6) is 0 Å². The number of nitrogens with one attached hydrogen (secondary N) is 2. The first-order valence-electron chi connectivity index (χ1n) is 6.83. The van der Waals surface area contributed by atoms with Crippen molar-refractivity contribution in [3.63, 3.8) is 0 Å². The van der Waals surface area contributed by atoms with Crippen LogP contribution in [-0.2, 0) is 9.53 Å². The lowest BCUT2D eigenvalue weighted by Gasteiger charge is -2.25. The van der Waals surface area contributed by atoms with Crippen LogP contribution in [0.15, 0.2) is 30.3 Å². The maximum absolute atomic E-state index is 11.7. The van der Waals surface area contributed by atoms with Gasteiger partial charge in [0.1, 0.15) is 0 Å². The van der Waals surface area contributed by atoms with E-state index < -0.39 is 0 Å². The number of nitrogens with zero attached hydrogens (tertiary/aromatic N) is 1. The van der Waals surface area contributed by atoms with Crippen LogP contribution in [0, 0.1) is 0 Å². The van der Waals surface area contributed by atoms with Crippen molar-refractivity contribution in [3.05, 3.63) is 35.9 Å². The SMILES string of the molecule is COCCNCC(=O)NCC(c1ccccc1)N(C)C. The molecule has 1 aromatic carbocycles. The van der Waals surface area contributed by atoms with Crippen LogP contribution < -0.4 is 10.6 Å². The fourth-order valence-corrected chi connectivity index (χ4v) is 1.92. The number of methoxy groups -OCH3 is 1. The van der Waals surface area contributed by atoms with Gasteiger partial charge in [-0.25, -0.2) is 0 Å². The summed E-state index contributed by atoms with van der Waals surface area (Å²) in [6, 6.07) is 10.4. The van der Waals surface area contributed by atoms with Crippen molar-refractivity contribution >= 4 is 5.91 Å². The normalized spacial score (nSPS) is 12.4. The molecule has 0 aliphatic heterocycles. The summed E-state index contributed by atoms with van der Waals surface area (Å²) in [7, 11) is 5.67. The largest absolute Gasteiger partial charge is 0.383 e. The van der Waals surface area contributed by atoms with Crippen LogP contribution in [0.4, 0.5) is 0 Å². The number of hydrogen-bond donors (Lipinski definition) is 2. The van der Waals surface area contributed by atoms with Crippen molar-refractivity contribution in [3.8, 4) is 0 Å². The predicted octanol–water partition coefficient (Wildman–Crippen LogP) is 0.642.